The molecule has 3 N–H and O–H groups in total. The lowest BCUT2D eigenvalue weighted by molar-refractivity contribution is 0.596. The Balaban J connectivity index is 2.43. The summed E-state index contributed by atoms with van der Waals surface area (Å²) < 4.78 is 2.36. The highest BCUT2D eigenvalue weighted by atomic mass is 79.9. The highest BCUT2D eigenvalue weighted by Crippen LogP contribution is 2.31. The Hall–Kier alpha value is -1.38. The van der Waals surface area contributed by atoms with Crippen molar-refractivity contribution in [2.45, 2.75) is 29.4 Å². The molecule has 1 aromatic heterocycles. The number of benzene rings is 1. The molecule has 2 aromatic rings. The number of nitrogens with zero attached hydrogens (tertiary/aromatic N) is 2. The van der Waals surface area contributed by atoms with Gasteiger partial charge in [-0.25, -0.2) is 0 Å². The maximum Gasteiger partial charge on any atom is 0.339 e. The molecule has 0 radical (unpaired) electrons. The molecule has 0 aliphatic rings. The van der Waals surface area contributed by atoms with Crippen molar-refractivity contribution in [1.82, 2.24) is 14.8 Å². The van der Waals surface area contributed by atoms with Gasteiger partial charge in [0.15, 0.2) is 5.16 Å². The second-order valence-electron chi connectivity index (χ2n) is 4.73. The van der Waals surface area contributed by atoms with Gasteiger partial charge >= 0.3 is 11.1 Å². The average molecular weight is 371 g/mol. The number of H-pyrrole nitrogens is 1. The van der Waals surface area contributed by atoms with Crippen LogP contribution in [-0.4, -0.2) is 20.8 Å². The summed E-state index contributed by atoms with van der Waals surface area (Å²) in [6, 6.07) is 5.90. The van der Waals surface area contributed by atoms with Gasteiger partial charge in [0.05, 0.1) is 0 Å². The van der Waals surface area contributed by atoms with Crippen LogP contribution in [0.4, 0.5) is 0 Å². The molecule has 0 saturated heterocycles. The fourth-order valence-corrected chi connectivity index (χ4v) is 3.28. The Labute approximate surface area is 133 Å². The van der Waals surface area contributed by atoms with Crippen molar-refractivity contribution < 1.29 is 0 Å². The molecule has 0 bridgehead atoms. The summed E-state index contributed by atoms with van der Waals surface area (Å²) in [5.74, 6) is 0. The van der Waals surface area contributed by atoms with E-state index >= 15 is 0 Å². The number of aryl methyl sites for hydroxylation is 1. The summed E-state index contributed by atoms with van der Waals surface area (Å²) in [5, 5.41) is 2.85. The van der Waals surface area contributed by atoms with Crippen molar-refractivity contribution in [3.05, 3.63) is 48.9 Å². The molecule has 0 aliphatic heterocycles. The van der Waals surface area contributed by atoms with E-state index in [9.17, 15) is 9.59 Å². The van der Waals surface area contributed by atoms with Gasteiger partial charge in [0, 0.05) is 22.5 Å². The number of rotatable bonds is 4. The number of hydrogen-bond acceptors (Lipinski definition) is 5. The monoisotopic (exact) mass is 370 g/mol. The van der Waals surface area contributed by atoms with Crippen molar-refractivity contribution in [1.29, 1.82) is 0 Å². The number of hydrogen-bond donors (Lipinski definition) is 2. The standard InChI is InChI=1S/C13H15BrN4O2S/c1-7(15)5-8-3-4-9(14)6-10(8)21-13-16-11(19)12(20)17-18(13)2/h3-4,6-7H,5,15H2,1-2H3,(H,17,20). The van der Waals surface area contributed by atoms with Gasteiger partial charge in [-0.15, -0.1) is 0 Å². The molecule has 8 heteroatoms. The minimum Gasteiger partial charge on any atom is -0.328 e. The Kier molecular flexibility index (Phi) is 5.02. The lowest BCUT2D eigenvalue weighted by Gasteiger charge is -2.12. The van der Waals surface area contributed by atoms with Crippen LogP contribution in [0.15, 0.2) is 42.3 Å². The van der Waals surface area contributed by atoms with E-state index < -0.39 is 11.1 Å². The first-order chi connectivity index (χ1) is 9.86. The first kappa shape index (κ1) is 16.0. The quantitative estimate of drug-likeness (QED) is 0.790. The number of nitrogens with two attached hydrogens (primary N) is 1. The van der Waals surface area contributed by atoms with Gasteiger partial charge < -0.3 is 5.73 Å². The molecule has 1 atom stereocenters. The van der Waals surface area contributed by atoms with Gasteiger partial charge in [0.1, 0.15) is 0 Å². The fourth-order valence-electron chi connectivity index (χ4n) is 1.79. The normalized spacial score (nSPS) is 12.4. The molecule has 0 fully saturated rings. The van der Waals surface area contributed by atoms with Crippen LogP contribution in [0, 0.1) is 0 Å². The van der Waals surface area contributed by atoms with E-state index in [1.165, 1.54) is 16.4 Å². The first-order valence-electron chi connectivity index (χ1n) is 6.26. The van der Waals surface area contributed by atoms with Crippen molar-refractivity contribution >= 4 is 27.7 Å². The third-order valence-electron chi connectivity index (χ3n) is 2.72. The molecule has 0 spiro atoms. The molecule has 21 heavy (non-hydrogen) atoms. The number of aromatic amines is 1. The van der Waals surface area contributed by atoms with Crippen LogP contribution in [0.1, 0.15) is 12.5 Å². The summed E-state index contributed by atoms with van der Waals surface area (Å²) in [4.78, 5) is 27.4. The molecule has 0 saturated carbocycles. The van der Waals surface area contributed by atoms with Gasteiger partial charge in [-0.1, -0.05) is 22.0 Å². The molecule has 0 amide bonds. The summed E-state index contributed by atoms with van der Waals surface area (Å²) in [5.41, 5.74) is 5.41. The van der Waals surface area contributed by atoms with Crippen LogP contribution in [0.3, 0.4) is 0 Å². The maximum absolute atomic E-state index is 11.4. The van der Waals surface area contributed by atoms with E-state index in [-0.39, 0.29) is 6.04 Å². The maximum atomic E-state index is 11.4. The number of nitrogens with one attached hydrogen (secondary N) is 1. The van der Waals surface area contributed by atoms with Crippen LogP contribution < -0.4 is 16.9 Å². The Morgan fingerprint density at radius 3 is 2.86 bits per heavy atom. The molecule has 1 heterocycles. The van der Waals surface area contributed by atoms with Crippen LogP contribution in [0.25, 0.3) is 0 Å². The average Bonchev–Trinajstić information content (AvgIpc) is 2.38. The lowest BCUT2D eigenvalue weighted by atomic mass is 10.1. The molecule has 1 unspecified atom stereocenters. The van der Waals surface area contributed by atoms with E-state index in [0.29, 0.717) is 11.6 Å². The van der Waals surface area contributed by atoms with Gasteiger partial charge in [0.2, 0.25) is 0 Å². The first-order valence-corrected chi connectivity index (χ1v) is 7.87. The van der Waals surface area contributed by atoms with Gasteiger partial charge in [-0.05, 0) is 42.8 Å². The zero-order valence-electron chi connectivity index (χ0n) is 11.6. The molecular weight excluding hydrogens is 356 g/mol. The molecule has 1 aromatic carbocycles. The van der Waals surface area contributed by atoms with Crippen molar-refractivity contribution in [2.24, 2.45) is 12.8 Å². The Morgan fingerprint density at radius 1 is 1.48 bits per heavy atom. The van der Waals surface area contributed by atoms with Gasteiger partial charge in [-0.3, -0.25) is 19.4 Å². The predicted molar refractivity (Wildman–Crippen MR) is 85.7 cm³/mol. The summed E-state index contributed by atoms with van der Waals surface area (Å²) in [6.45, 7) is 1.94. The molecule has 112 valence electrons. The molecule has 6 nitrogen and oxygen atoms in total. The third-order valence-corrected chi connectivity index (χ3v) is 4.36. The largest absolute Gasteiger partial charge is 0.339 e. The fraction of sp³-hybridized carbons (Fsp3) is 0.308. The smallest absolute Gasteiger partial charge is 0.328 e. The lowest BCUT2D eigenvalue weighted by Crippen LogP contribution is -2.33. The molecule has 0 aliphatic carbocycles. The highest BCUT2D eigenvalue weighted by Gasteiger charge is 2.11. The minimum absolute atomic E-state index is 0.0258. The summed E-state index contributed by atoms with van der Waals surface area (Å²) in [7, 11) is 1.64. The van der Waals surface area contributed by atoms with E-state index in [2.05, 4.69) is 26.0 Å². The summed E-state index contributed by atoms with van der Waals surface area (Å²) in [6.07, 6.45) is 0.715. The highest BCUT2D eigenvalue weighted by molar-refractivity contribution is 9.10. The van der Waals surface area contributed by atoms with E-state index in [1.807, 2.05) is 25.1 Å². The topological polar surface area (TPSA) is 93.8 Å². The minimum atomic E-state index is -0.792. The molecule has 2 rings (SSSR count). The van der Waals surface area contributed by atoms with Crippen molar-refractivity contribution in [3.8, 4) is 0 Å². The van der Waals surface area contributed by atoms with E-state index in [4.69, 9.17) is 5.73 Å². The zero-order valence-corrected chi connectivity index (χ0v) is 14.0. The SMILES string of the molecule is CC(N)Cc1ccc(Br)cc1Sc1nc(=O)c(=O)[nH]n1C. The van der Waals surface area contributed by atoms with E-state index in [1.54, 1.807) is 7.05 Å². The van der Waals surface area contributed by atoms with Crippen LogP contribution in [-0.2, 0) is 13.5 Å². The second-order valence-corrected chi connectivity index (χ2v) is 6.66. The van der Waals surface area contributed by atoms with Crippen molar-refractivity contribution in [2.75, 3.05) is 0 Å². The van der Waals surface area contributed by atoms with Crippen LogP contribution >= 0.6 is 27.7 Å². The Morgan fingerprint density at radius 2 is 2.19 bits per heavy atom. The third kappa shape index (κ3) is 4.05. The molecular formula is C13H15BrN4O2S. The van der Waals surface area contributed by atoms with Crippen LogP contribution in [0.5, 0.6) is 0 Å². The van der Waals surface area contributed by atoms with E-state index in [0.717, 1.165) is 14.9 Å². The second kappa shape index (κ2) is 6.59. The zero-order chi connectivity index (χ0) is 15.6. The number of halogens is 1. The van der Waals surface area contributed by atoms with Crippen molar-refractivity contribution in [3.63, 3.8) is 0 Å². The Bertz CT molecular complexity index is 769. The summed E-state index contributed by atoms with van der Waals surface area (Å²) >= 11 is 4.75. The van der Waals surface area contributed by atoms with Gasteiger partial charge in [0.25, 0.3) is 0 Å². The van der Waals surface area contributed by atoms with Gasteiger partial charge in [-0.2, -0.15) is 4.98 Å². The predicted octanol–water partition coefficient (Wildman–Crippen LogP) is 1.27. The number of aromatic nitrogens is 3. The van der Waals surface area contributed by atoms with Crippen LogP contribution in [0.2, 0.25) is 0 Å².